The van der Waals surface area contributed by atoms with Crippen LogP contribution in [0.4, 0.5) is 0 Å². The highest BCUT2D eigenvalue weighted by Crippen LogP contribution is 2.48. The van der Waals surface area contributed by atoms with Crippen LogP contribution in [0.1, 0.15) is 43.2 Å². The van der Waals surface area contributed by atoms with Gasteiger partial charge in [-0.3, -0.25) is 9.69 Å². The maximum Gasteiger partial charge on any atom is 0.318 e. The van der Waals surface area contributed by atoms with Gasteiger partial charge in [-0.25, -0.2) is 0 Å². The minimum Gasteiger partial charge on any atom is -0.496 e. The van der Waals surface area contributed by atoms with E-state index in [4.69, 9.17) is 18.9 Å². The van der Waals surface area contributed by atoms with Gasteiger partial charge in [0.2, 0.25) is 6.79 Å². The van der Waals surface area contributed by atoms with Crippen LogP contribution in [0.5, 0.6) is 5.75 Å². The molecule has 1 saturated carbocycles. The number of rotatable bonds is 10. The fourth-order valence-corrected chi connectivity index (χ4v) is 5.75. The van der Waals surface area contributed by atoms with Crippen LogP contribution in [0.2, 0.25) is 0 Å². The first-order valence-electron chi connectivity index (χ1n) is 12.7. The zero-order chi connectivity index (χ0) is 24.1. The SMILES string of the molecule is COc1ccccc1C1(C(=O)CN2CCCC(C(Cc3ccccc3)OC3=COCO3)C2)CCC1. The Kier molecular flexibility index (Phi) is 7.28. The molecule has 0 spiro atoms. The standard InChI is InChI=1S/C29H35NO5/c1-32-25-13-6-5-12-24(25)29(14-8-15-29)27(31)19-30-16-7-11-23(18-30)26(35-28-20-33-21-34-28)17-22-9-3-2-4-10-22/h2-6,9-10,12-13,20,23,26H,7-8,11,14-19,21H2,1H3. The molecule has 6 heteroatoms. The highest BCUT2D eigenvalue weighted by Gasteiger charge is 2.47. The summed E-state index contributed by atoms with van der Waals surface area (Å²) in [6.45, 7) is 2.43. The number of nitrogens with zero attached hydrogens (tertiary/aromatic N) is 1. The normalized spacial score (nSPS) is 22.2. The summed E-state index contributed by atoms with van der Waals surface area (Å²) in [7, 11) is 1.69. The van der Waals surface area contributed by atoms with E-state index in [0.29, 0.717) is 24.2 Å². The molecule has 2 heterocycles. The molecule has 2 aliphatic heterocycles. The molecule has 1 aliphatic carbocycles. The summed E-state index contributed by atoms with van der Waals surface area (Å²) in [5.74, 6) is 1.87. The summed E-state index contributed by atoms with van der Waals surface area (Å²) in [6, 6.07) is 18.4. The zero-order valence-corrected chi connectivity index (χ0v) is 20.5. The summed E-state index contributed by atoms with van der Waals surface area (Å²) in [5, 5.41) is 0. The van der Waals surface area contributed by atoms with E-state index in [2.05, 4.69) is 35.2 Å². The molecule has 2 fully saturated rings. The van der Waals surface area contributed by atoms with Gasteiger partial charge in [-0.05, 0) is 43.9 Å². The molecular weight excluding hydrogens is 442 g/mol. The van der Waals surface area contributed by atoms with Gasteiger partial charge < -0.3 is 18.9 Å². The second kappa shape index (κ2) is 10.7. The number of ketones is 1. The lowest BCUT2D eigenvalue weighted by atomic mass is 9.61. The highest BCUT2D eigenvalue weighted by molar-refractivity contribution is 5.93. The Hall–Kier alpha value is -2.99. The van der Waals surface area contributed by atoms with Crippen LogP contribution >= 0.6 is 0 Å². The van der Waals surface area contributed by atoms with Crippen LogP contribution in [0.15, 0.2) is 66.8 Å². The first kappa shape index (κ1) is 23.7. The van der Waals surface area contributed by atoms with Crippen molar-refractivity contribution in [3.05, 3.63) is 77.9 Å². The highest BCUT2D eigenvalue weighted by atomic mass is 16.8. The van der Waals surface area contributed by atoms with E-state index in [9.17, 15) is 4.79 Å². The summed E-state index contributed by atoms with van der Waals surface area (Å²) in [6.07, 6.45) is 7.28. The number of benzene rings is 2. The second-order valence-corrected chi connectivity index (χ2v) is 9.91. The second-order valence-electron chi connectivity index (χ2n) is 9.91. The van der Waals surface area contributed by atoms with Gasteiger partial charge in [0.05, 0.1) is 19.1 Å². The Morgan fingerprint density at radius 2 is 1.91 bits per heavy atom. The molecule has 35 heavy (non-hydrogen) atoms. The van der Waals surface area contributed by atoms with Crippen LogP contribution in [-0.2, 0) is 30.8 Å². The number of hydrogen-bond donors (Lipinski definition) is 0. The first-order chi connectivity index (χ1) is 17.2. The predicted molar refractivity (Wildman–Crippen MR) is 133 cm³/mol. The number of para-hydroxylation sites is 1. The van der Waals surface area contributed by atoms with Gasteiger partial charge in [-0.15, -0.1) is 0 Å². The van der Waals surface area contributed by atoms with Gasteiger partial charge in [-0.1, -0.05) is 55.0 Å². The predicted octanol–water partition coefficient (Wildman–Crippen LogP) is 4.83. The average molecular weight is 478 g/mol. The maximum atomic E-state index is 13.8. The molecule has 2 aromatic rings. The Bertz CT molecular complexity index is 1030. The largest absolute Gasteiger partial charge is 0.496 e. The number of carbonyl (C=O) groups is 1. The van der Waals surface area contributed by atoms with Crippen molar-refractivity contribution in [3.8, 4) is 5.75 Å². The van der Waals surface area contributed by atoms with Crippen LogP contribution in [0.25, 0.3) is 0 Å². The lowest BCUT2D eigenvalue weighted by Crippen LogP contribution is -2.50. The van der Waals surface area contributed by atoms with Crippen molar-refractivity contribution in [1.82, 2.24) is 4.90 Å². The van der Waals surface area contributed by atoms with Crippen LogP contribution in [-0.4, -0.2) is 50.3 Å². The van der Waals surface area contributed by atoms with Gasteiger partial charge in [0.25, 0.3) is 0 Å². The Labute approximate surface area is 207 Å². The van der Waals surface area contributed by atoms with E-state index < -0.39 is 5.41 Å². The fraction of sp³-hybridized carbons (Fsp3) is 0.483. The van der Waals surface area contributed by atoms with Crippen molar-refractivity contribution in [3.63, 3.8) is 0 Å². The Morgan fingerprint density at radius 1 is 1.11 bits per heavy atom. The van der Waals surface area contributed by atoms with Crippen molar-refractivity contribution in [2.45, 2.75) is 50.0 Å². The number of likely N-dealkylation sites (tertiary alicyclic amines) is 1. The van der Waals surface area contributed by atoms with E-state index in [1.165, 1.54) is 5.56 Å². The van der Waals surface area contributed by atoms with E-state index in [-0.39, 0.29) is 12.9 Å². The number of Topliss-reactive ketones (excluding diaryl/α,β-unsaturated/α-hetero) is 1. The first-order valence-corrected chi connectivity index (χ1v) is 12.7. The summed E-state index contributed by atoms with van der Waals surface area (Å²) >= 11 is 0. The number of ether oxygens (including phenoxy) is 4. The van der Waals surface area contributed by atoms with Crippen molar-refractivity contribution in [2.75, 3.05) is 33.5 Å². The van der Waals surface area contributed by atoms with Crippen molar-refractivity contribution >= 4 is 5.78 Å². The van der Waals surface area contributed by atoms with Crippen molar-refractivity contribution in [2.24, 2.45) is 5.92 Å². The minimum absolute atomic E-state index is 0.0462. The van der Waals surface area contributed by atoms with Gasteiger partial charge in [0, 0.05) is 24.4 Å². The molecule has 0 bridgehead atoms. The van der Waals surface area contributed by atoms with Gasteiger partial charge in [-0.2, -0.15) is 0 Å². The molecule has 6 nitrogen and oxygen atoms in total. The molecule has 0 amide bonds. The number of hydrogen-bond acceptors (Lipinski definition) is 6. The molecule has 5 rings (SSSR count). The molecule has 0 aromatic heterocycles. The third-order valence-electron chi connectivity index (χ3n) is 7.79. The molecule has 3 aliphatic rings. The monoisotopic (exact) mass is 477 g/mol. The van der Waals surface area contributed by atoms with E-state index in [1.54, 1.807) is 13.4 Å². The maximum absolute atomic E-state index is 13.8. The van der Waals surface area contributed by atoms with E-state index in [0.717, 1.165) is 62.9 Å². The van der Waals surface area contributed by atoms with Crippen LogP contribution in [0, 0.1) is 5.92 Å². The Balaban J connectivity index is 1.29. The zero-order valence-electron chi connectivity index (χ0n) is 20.5. The molecule has 0 N–H and O–H groups in total. The van der Waals surface area contributed by atoms with Crippen molar-refractivity contribution in [1.29, 1.82) is 0 Å². The molecule has 1 saturated heterocycles. The van der Waals surface area contributed by atoms with Crippen LogP contribution in [0.3, 0.4) is 0 Å². The van der Waals surface area contributed by atoms with Crippen LogP contribution < -0.4 is 4.74 Å². The smallest absolute Gasteiger partial charge is 0.318 e. The third-order valence-corrected chi connectivity index (χ3v) is 7.79. The molecule has 2 atom stereocenters. The fourth-order valence-electron chi connectivity index (χ4n) is 5.75. The molecule has 2 unspecified atom stereocenters. The molecular formula is C29H35NO5. The summed E-state index contributed by atoms with van der Waals surface area (Å²) < 4.78 is 22.6. The van der Waals surface area contributed by atoms with Gasteiger partial charge >= 0.3 is 5.95 Å². The topological polar surface area (TPSA) is 57.2 Å². The van der Waals surface area contributed by atoms with Gasteiger partial charge in [0.1, 0.15) is 11.9 Å². The lowest BCUT2D eigenvalue weighted by Gasteiger charge is -2.44. The van der Waals surface area contributed by atoms with E-state index >= 15 is 0 Å². The lowest BCUT2D eigenvalue weighted by molar-refractivity contribution is -0.130. The molecule has 186 valence electrons. The van der Waals surface area contributed by atoms with Gasteiger partial charge in [0.15, 0.2) is 12.0 Å². The molecule has 0 radical (unpaired) electrons. The number of carbonyl (C=O) groups excluding carboxylic acids is 1. The van der Waals surface area contributed by atoms with E-state index in [1.807, 2.05) is 24.3 Å². The quantitative estimate of drug-likeness (QED) is 0.489. The van der Waals surface area contributed by atoms with Crippen molar-refractivity contribution < 1.29 is 23.7 Å². The minimum atomic E-state index is -0.417. The third kappa shape index (κ3) is 5.18. The summed E-state index contributed by atoms with van der Waals surface area (Å²) in [5.41, 5.74) is 1.86. The summed E-state index contributed by atoms with van der Waals surface area (Å²) in [4.78, 5) is 16.1. The number of methoxy groups -OCH3 is 1. The molecule has 2 aromatic carbocycles. The average Bonchev–Trinajstić information content (AvgIpc) is 3.37. The Morgan fingerprint density at radius 3 is 2.63 bits per heavy atom. The number of piperidine rings is 1.